The molecule has 0 unspecified atom stereocenters. The zero-order valence-electron chi connectivity index (χ0n) is 25.2. The first-order valence-corrected chi connectivity index (χ1v) is 16.8. The van der Waals surface area contributed by atoms with Gasteiger partial charge in [0, 0.05) is 27.4 Å². The van der Waals surface area contributed by atoms with E-state index in [0.29, 0.717) is 10.8 Å². The van der Waals surface area contributed by atoms with Crippen molar-refractivity contribution < 1.29 is 4.79 Å². The number of thiophene rings is 2. The van der Waals surface area contributed by atoms with Gasteiger partial charge in [-0.3, -0.25) is 14.4 Å². The topological polar surface area (TPSA) is 98.2 Å². The van der Waals surface area contributed by atoms with E-state index in [1.165, 1.54) is 17.7 Å². The molecule has 5 rings (SSSR count). The lowest BCUT2D eigenvalue weighted by atomic mass is 9.99. The van der Waals surface area contributed by atoms with Crippen molar-refractivity contribution in [1.82, 2.24) is 20.1 Å². The van der Waals surface area contributed by atoms with Gasteiger partial charge in [0.2, 0.25) is 5.91 Å². The highest BCUT2D eigenvalue weighted by atomic mass is 35.5. The number of hydrogen-bond acceptors (Lipinski definition) is 7. The highest BCUT2D eigenvalue weighted by Gasteiger charge is 2.32. The predicted molar refractivity (Wildman–Crippen MR) is 181 cm³/mol. The summed E-state index contributed by atoms with van der Waals surface area (Å²) in [4.78, 5) is 21.4. The van der Waals surface area contributed by atoms with Crippen molar-refractivity contribution in [3.8, 4) is 28.7 Å². The summed E-state index contributed by atoms with van der Waals surface area (Å²) in [6, 6.07) is 11.1. The first-order chi connectivity index (χ1) is 21.4. The molecule has 3 N–H and O–H groups in total. The number of hydrogen-bond donors (Lipinski definition) is 2. The molecular weight excluding hydrogens is 608 g/mol. The number of fused-ring (bicyclic) bond motifs is 3. The van der Waals surface area contributed by atoms with Gasteiger partial charge in [0.05, 0.1) is 28.4 Å². The largest absolute Gasteiger partial charge is 0.345 e. The number of unbranched alkanes of at least 4 members (excludes halogenated alkanes) is 4. The Bertz CT molecular complexity index is 1790. The molecule has 4 aromatic rings. The molecule has 10 heteroatoms. The Kier molecular flexibility index (Phi) is 10.7. The molecule has 0 aliphatic carbocycles. The van der Waals surface area contributed by atoms with Crippen LogP contribution in [0.15, 0.2) is 41.4 Å². The second-order valence-corrected chi connectivity index (χ2v) is 13.3. The SMILES string of the molecule is Cc1sc2c(c1C)C(c1ccc(Cl)cc1)=N[C@@H](CC(=O)NCC#Cc1ccc(C#CCCCCCCN)s1)c1nnc(C)n1-2. The summed E-state index contributed by atoms with van der Waals surface area (Å²) < 4.78 is 2.04. The Morgan fingerprint density at radius 2 is 1.70 bits per heavy atom. The first-order valence-electron chi connectivity index (χ1n) is 14.8. The van der Waals surface area contributed by atoms with Crippen LogP contribution in [0.25, 0.3) is 5.00 Å². The minimum Gasteiger partial charge on any atom is -0.345 e. The molecule has 1 amide bonds. The molecule has 1 aliphatic heterocycles. The van der Waals surface area contributed by atoms with E-state index in [0.717, 1.165) is 68.8 Å². The summed E-state index contributed by atoms with van der Waals surface area (Å²) in [6.07, 6.45) is 5.54. The van der Waals surface area contributed by atoms with Crippen LogP contribution in [0.5, 0.6) is 0 Å². The van der Waals surface area contributed by atoms with E-state index in [2.05, 4.69) is 53.0 Å². The van der Waals surface area contributed by atoms with E-state index in [-0.39, 0.29) is 18.9 Å². The predicted octanol–water partition coefficient (Wildman–Crippen LogP) is 6.68. The van der Waals surface area contributed by atoms with Gasteiger partial charge in [0.25, 0.3) is 0 Å². The lowest BCUT2D eigenvalue weighted by Gasteiger charge is -2.12. The average Bonchev–Trinajstić information content (AvgIpc) is 3.68. The van der Waals surface area contributed by atoms with Crippen molar-refractivity contribution >= 4 is 45.9 Å². The Hall–Kier alpha value is -3.73. The van der Waals surface area contributed by atoms with Crippen molar-refractivity contribution in [3.63, 3.8) is 0 Å². The molecule has 1 aromatic carbocycles. The van der Waals surface area contributed by atoms with E-state index in [1.807, 2.05) is 47.9 Å². The Morgan fingerprint density at radius 3 is 2.45 bits per heavy atom. The van der Waals surface area contributed by atoms with Gasteiger partial charge in [-0.05, 0) is 70.0 Å². The van der Waals surface area contributed by atoms with Gasteiger partial charge in [0.1, 0.15) is 16.9 Å². The number of aryl methyl sites for hydroxylation is 2. The van der Waals surface area contributed by atoms with Gasteiger partial charge >= 0.3 is 0 Å². The van der Waals surface area contributed by atoms with Crippen LogP contribution in [-0.4, -0.2) is 39.5 Å². The third kappa shape index (κ3) is 7.49. The fraction of sp³-hybridized carbons (Fsp3) is 0.353. The summed E-state index contributed by atoms with van der Waals surface area (Å²) in [5, 5.41) is 13.5. The van der Waals surface area contributed by atoms with E-state index < -0.39 is 6.04 Å². The summed E-state index contributed by atoms with van der Waals surface area (Å²) in [5.41, 5.74) is 9.49. The highest BCUT2D eigenvalue weighted by molar-refractivity contribution is 7.15. The second kappa shape index (κ2) is 14.8. The normalized spacial score (nSPS) is 13.5. The second-order valence-electron chi connectivity index (χ2n) is 10.6. The molecule has 44 heavy (non-hydrogen) atoms. The maximum absolute atomic E-state index is 13.2. The van der Waals surface area contributed by atoms with Crippen LogP contribution in [0.2, 0.25) is 5.02 Å². The van der Waals surface area contributed by atoms with Crippen LogP contribution in [-0.2, 0) is 4.79 Å². The zero-order chi connectivity index (χ0) is 31.1. The Morgan fingerprint density at radius 1 is 0.977 bits per heavy atom. The van der Waals surface area contributed by atoms with Gasteiger partial charge in [-0.2, -0.15) is 0 Å². The first kappa shape index (κ1) is 31.7. The number of benzene rings is 1. The van der Waals surface area contributed by atoms with Gasteiger partial charge in [-0.1, -0.05) is 60.3 Å². The summed E-state index contributed by atoms with van der Waals surface area (Å²) in [5.74, 6) is 13.9. The Balaban J connectivity index is 1.27. The summed E-state index contributed by atoms with van der Waals surface area (Å²) >= 11 is 9.45. The van der Waals surface area contributed by atoms with E-state index in [4.69, 9.17) is 22.3 Å². The van der Waals surface area contributed by atoms with Gasteiger partial charge in [-0.25, -0.2) is 0 Å². The molecule has 0 fully saturated rings. The number of aliphatic imine (C=N–C) groups is 1. The number of aromatic nitrogens is 3. The van der Waals surface area contributed by atoms with Crippen LogP contribution in [0, 0.1) is 44.5 Å². The summed E-state index contributed by atoms with van der Waals surface area (Å²) in [6.45, 7) is 7.14. The van der Waals surface area contributed by atoms with Crippen molar-refractivity contribution in [2.24, 2.45) is 10.7 Å². The van der Waals surface area contributed by atoms with Gasteiger partial charge in [-0.15, -0.1) is 32.9 Å². The smallest absolute Gasteiger partial charge is 0.223 e. The number of carbonyl (C=O) groups is 1. The van der Waals surface area contributed by atoms with Crippen molar-refractivity contribution in [2.45, 2.75) is 65.3 Å². The summed E-state index contributed by atoms with van der Waals surface area (Å²) in [7, 11) is 0. The fourth-order valence-electron chi connectivity index (χ4n) is 4.99. The number of halogens is 1. The average molecular weight is 643 g/mol. The fourth-order valence-corrected chi connectivity index (χ4v) is 7.08. The van der Waals surface area contributed by atoms with Crippen molar-refractivity contribution in [3.05, 3.63) is 84.4 Å². The van der Waals surface area contributed by atoms with Crippen LogP contribution in [0.1, 0.15) is 87.5 Å². The minimum atomic E-state index is -0.520. The minimum absolute atomic E-state index is 0.120. The van der Waals surface area contributed by atoms with Gasteiger partial charge < -0.3 is 11.1 Å². The number of nitrogens with one attached hydrogen (secondary N) is 1. The van der Waals surface area contributed by atoms with Crippen molar-refractivity contribution in [1.29, 1.82) is 0 Å². The van der Waals surface area contributed by atoms with Crippen LogP contribution >= 0.6 is 34.3 Å². The molecule has 7 nitrogen and oxygen atoms in total. The van der Waals surface area contributed by atoms with Crippen LogP contribution < -0.4 is 11.1 Å². The zero-order valence-corrected chi connectivity index (χ0v) is 27.6. The third-order valence-corrected chi connectivity index (χ3v) is 9.76. The standard InChI is InChI=1S/C34H35ClN6OS2/c1-22-23(2)43-34-31(22)32(25-13-15-26(35)16-14-25)38-29(33-40-39-24(3)41(33)34)21-30(42)37-20-10-12-28-18-17-27(44-28)11-8-6-4-5-7-9-19-36/h13-18,29H,4-7,9,19-21,36H2,1-3H3,(H,37,42)/t29-/m0/s1. The van der Waals surface area contributed by atoms with Crippen LogP contribution in [0.4, 0.5) is 0 Å². The maximum Gasteiger partial charge on any atom is 0.223 e. The van der Waals surface area contributed by atoms with E-state index in [1.54, 1.807) is 22.7 Å². The van der Waals surface area contributed by atoms with Crippen molar-refractivity contribution in [2.75, 3.05) is 13.1 Å². The van der Waals surface area contributed by atoms with E-state index >= 15 is 0 Å². The number of rotatable bonds is 9. The third-order valence-electron chi connectivity index (χ3n) is 7.39. The molecule has 1 aliphatic rings. The molecule has 3 aromatic heterocycles. The molecule has 0 spiro atoms. The maximum atomic E-state index is 13.2. The van der Waals surface area contributed by atoms with Gasteiger partial charge in [0.15, 0.2) is 5.82 Å². The molecular formula is C34H35ClN6OS2. The molecule has 0 radical (unpaired) electrons. The molecule has 1 atom stereocenters. The lowest BCUT2D eigenvalue weighted by Crippen LogP contribution is -2.25. The molecule has 226 valence electrons. The molecule has 0 saturated carbocycles. The highest BCUT2D eigenvalue weighted by Crippen LogP contribution is 2.39. The number of carbonyl (C=O) groups excluding carboxylic acids is 1. The molecule has 0 saturated heterocycles. The number of nitrogens with zero attached hydrogens (tertiary/aromatic N) is 4. The van der Waals surface area contributed by atoms with Crippen LogP contribution in [0.3, 0.4) is 0 Å². The molecule has 4 heterocycles. The molecule has 0 bridgehead atoms. The lowest BCUT2D eigenvalue weighted by molar-refractivity contribution is -0.121. The Labute approximate surface area is 272 Å². The van der Waals surface area contributed by atoms with E-state index in [9.17, 15) is 4.79 Å². The quantitative estimate of drug-likeness (QED) is 0.157. The number of amides is 1. The number of nitrogens with two attached hydrogens (primary N) is 1. The monoisotopic (exact) mass is 642 g/mol.